The van der Waals surface area contributed by atoms with Crippen molar-refractivity contribution in [3.8, 4) is 0 Å². The zero-order valence-electron chi connectivity index (χ0n) is 14.4. The molecule has 0 aliphatic carbocycles. The molecule has 0 aliphatic rings. The second kappa shape index (κ2) is 9.33. The maximum atomic E-state index is 13.8. The average molecular weight is 383 g/mol. The highest BCUT2D eigenvalue weighted by atomic mass is 32.2. The Kier molecular flexibility index (Phi) is 7.14. The lowest BCUT2D eigenvalue weighted by molar-refractivity contribution is -0.137. The number of hydrogen-bond acceptors (Lipinski definition) is 5. The lowest BCUT2D eigenvalue weighted by Crippen LogP contribution is -2.18. The summed E-state index contributed by atoms with van der Waals surface area (Å²) in [5.74, 6) is -0.633. The third-order valence-electron chi connectivity index (χ3n) is 3.53. The van der Waals surface area contributed by atoms with Crippen molar-refractivity contribution in [2.24, 2.45) is 0 Å². The highest BCUT2D eigenvalue weighted by Gasteiger charge is 2.14. The molecule has 1 heterocycles. The lowest BCUT2D eigenvalue weighted by atomic mass is 10.2. The summed E-state index contributed by atoms with van der Waals surface area (Å²) in [6, 6.07) is 3.20. The molecule has 0 aliphatic heterocycles. The minimum Gasteiger partial charge on any atom is -0.468 e. The van der Waals surface area contributed by atoms with Gasteiger partial charge in [0.25, 0.3) is 0 Å². The van der Waals surface area contributed by atoms with Crippen LogP contribution in [0.15, 0.2) is 24.4 Å². The molecule has 140 valence electrons. The van der Waals surface area contributed by atoms with Crippen molar-refractivity contribution in [1.29, 1.82) is 0 Å². The van der Waals surface area contributed by atoms with Gasteiger partial charge in [-0.2, -0.15) is 5.10 Å². The number of nitrogens with one attached hydrogen (secondary N) is 1. The summed E-state index contributed by atoms with van der Waals surface area (Å²) in [4.78, 5) is 23.1. The zero-order chi connectivity index (χ0) is 19.1. The van der Waals surface area contributed by atoms with Gasteiger partial charge in [0.1, 0.15) is 17.5 Å². The largest absolute Gasteiger partial charge is 0.468 e. The number of anilines is 1. The maximum absolute atomic E-state index is 13.8. The zero-order valence-corrected chi connectivity index (χ0v) is 15.2. The molecule has 0 fully saturated rings. The number of esters is 1. The van der Waals surface area contributed by atoms with Gasteiger partial charge in [-0.1, -0.05) is 0 Å². The van der Waals surface area contributed by atoms with E-state index in [1.165, 1.54) is 23.6 Å². The Bertz CT molecular complexity index is 796. The van der Waals surface area contributed by atoms with Gasteiger partial charge in [-0.05, 0) is 25.1 Å². The minimum absolute atomic E-state index is 0.00978. The summed E-state index contributed by atoms with van der Waals surface area (Å²) in [7, 11) is 1.31. The van der Waals surface area contributed by atoms with E-state index < -0.39 is 11.6 Å². The number of methoxy groups -OCH3 is 1. The Morgan fingerprint density at radius 1 is 1.35 bits per heavy atom. The fraction of sp³-hybridized carbons (Fsp3) is 0.353. The van der Waals surface area contributed by atoms with E-state index in [0.29, 0.717) is 17.1 Å². The molecule has 0 unspecified atom stereocenters. The molecule has 0 radical (unpaired) electrons. The first-order chi connectivity index (χ1) is 12.4. The number of rotatable bonds is 8. The van der Waals surface area contributed by atoms with Crippen molar-refractivity contribution >= 4 is 29.5 Å². The summed E-state index contributed by atoms with van der Waals surface area (Å²) in [6.45, 7) is 1.75. The van der Waals surface area contributed by atoms with Gasteiger partial charge in [0.2, 0.25) is 5.91 Å². The number of nitrogens with zero attached hydrogens (tertiary/aromatic N) is 2. The maximum Gasteiger partial charge on any atom is 0.315 e. The average Bonchev–Trinajstić information content (AvgIpc) is 2.95. The number of hydrogen-bond donors (Lipinski definition) is 1. The molecule has 0 saturated heterocycles. The van der Waals surface area contributed by atoms with Crippen LogP contribution in [0.5, 0.6) is 0 Å². The van der Waals surface area contributed by atoms with Crippen LogP contribution in [0, 0.1) is 18.6 Å². The summed E-state index contributed by atoms with van der Waals surface area (Å²) in [5.41, 5.74) is 0.842. The predicted molar refractivity (Wildman–Crippen MR) is 95.0 cm³/mol. The molecule has 0 atom stereocenters. The molecule has 1 aromatic carbocycles. The van der Waals surface area contributed by atoms with Gasteiger partial charge in [0, 0.05) is 23.3 Å². The van der Waals surface area contributed by atoms with Crippen molar-refractivity contribution in [3.05, 3.63) is 47.2 Å². The standard InChI is InChI=1S/C17H19F2N3O3S/c1-11-8-20-22(9-12-7-13(18)3-4-14(12)19)17(11)21-15(23)5-6-26-10-16(24)25-2/h3-4,7-8H,5-6,9-10H2,1-2H3,(H,21,23). The quantitative estimate of drug-likeness (QED) is 0.561. The molecule has 0 saturated carbocycles. The molecule has 2 aromatic rings. The topological polar surface area (TPSA) is 73.2 Å². The van der Waals surface area contributed by atoms with Gasteiger partial charge in [-0.25, -0.2) is 13.5 Å². The van der Waals surface area contributed by atoms with E-state index in [9.17, 15) is 18.4 Å². The first-order valence-corrected chi connectivity index (χ1v) is 8.97. The normalized spacial score (nSPS) is 10.6. The number of benzene rings is 1. The number of thioether (sulfide) groups is 1. The van der Waals surface area contributed by atoms with Crippen LogP contribution >= 0.6 is 11.8 Å². The van der Waals surface area contributed by atoms with E-state index in [-0.39, 0.29) is 36.2 Å². The Morgan fingerprint density at radius 3 is 2.85 bits per heavy atom. The van der Waals surface area contributed by atoms with Gasteiger partial charge in [-0.15, -0.1) is 11.8 Å². The van der Waals surface area contributed by atoms with Crippen LogP contribution in [-0.4, -0.2) is 40.3 Å². The van der Waals surface area contributed by atoms with Gasteiger partial charge < -0.3 is 10.1 Å². The fourth-order valence-electron chi connectivity index (χ4n) is 2.16. The van der Waals surface area contributed by atoms with Gasteiger partial charge >= 0.3 is 5.97 Å². The first kappa shape index (κ1) is 19.9. The summed E-state index contributed by atoms with van der Waals surface area (Å²) in [6.07, 6.45) is 1.74. The van der Waals surface area contributed by atoms with E-state index >= 15 is 0 Å². The summed E-state index contributed by atoms with van der Waals surface area (Å²) >= 11 is 1.29. The van der Waals surface area contributed by atoms with Crippen molar-refractivity contribution < 1.29 is 23.1 Å². The molecule has 1 amide bonds. The smallest absolute Gasteiger partial charge is 0.315 e. The van der Waals surface area contributed by atoms with Crippen LogP contribution < -0.4 is 5.32 Å². The van der Waals surface area contributed by atoms with Gasteiger partial charge in [0.15, 0.2) is 0 Å². The molecule has 6 nitrogen and oxygen atoms in total. The third-order valence-corrected chi connectivity index (χ3v) is 4.46. The molecular weight excluding hydrogens is 364 g/mol. The summed E-state index contributed by atoms with van der Waals surface area (Å²) < 4.78 is 33.1. The molecule has 2 rings (SSSR count). The van der Waals surface area contributed by atoms with E-state index in [0.717, 1.165) is 18.2 Å². The second-order valence-corrected chi connectivity index (χ2v) is 6.60. The number of ether oxygens (including phenoxy) is 1. The molecular formula is C17H19F2N3O3S. The number of carbonyl (C=O) groups is 2. The van der Waals surface area contributed by atoms with E-state index in [1.807, 2.05) is 0 Å². The van der Waals surface area contributed by atoms with E-state index in [1.54, 1.807) is 13.1 Å². The van der Waals surface area contributed by atoms with Crippen molar-refractivity contribution in [2.75, 3.05) is 23.9 Å². The molecule has 0 spiro atoms. The number of carbonyl (C=O) groups excluding carboxylic acids is 2. The number of halogens is 2. The highest BCUT2D eigenvalue weighted by molar-refractivity contribution is 7.99. The highest BCUT2D eigenvalue weighted by Crippen LogP contribution is 2.18. The Labute approximate surface area is 153 Å². The number of aromatic nitrogens is 2. The van der Waals surface area contributed by atoms with Crippen LogP contribution in [-0.2, 0) is 20.9 Å². The molecule has 0 bridgehead atoms. The molecule has 26 heavy (non-hydrogen) atoms. The number of aryl methyl sites for hydroxylation is 1. The van der Waals surface area contributed by atoms with E-state index in [2.05, 4.69) is 15.2 Å². The second-order valence-electron chi connectivity index (χ2n) is 5.50. The monoisotopic (exact) mass is 383 g/mol. The fourth-order valence-corrected chi connectivity index (χ4v) is 2.92. The Balaban J connectivity index is 1.97. The Hall–Kier alpha value is -2.42. The minimum atomic E-state index is -0.545. The SMILES string of the molecule is COC(=O)CSCCC(=O)Nc1c(C)cnn1Cc1cc(F)ccc1F. The van der Waals surface area contributed by atoms with Crippen LogP contribution in [0.1, 0.15) is 17.5 Å². The van der Waals surface area contributed by atoms with Crippen molar-refractivity contribution in [1.82, 2.24) is 9.78 Å². The third kappa shape index (κ3) is 5.55. The lowest BCUT2D eigenvalue weighted by Gasteiger charge is -2.11. The van der Waals surface area contributed by atoms with Crippen LogP contribution in [0.25, 0.3) is 0 Å². The predicted octanol–water partition coefficient (Wildman–Crippen LogP) is 2.75. The van der Waals surface area contributed by atoms with Gasteiger partial charge in [-0.3, -0.25) is 9.59 Å². The van der Waals surface area contributed by atoms with E-state index in [4.69, 9.17) is 0 Å². The molecule has 1 N–H and O–H groups in total. The van der Waals surface area contributed by atoms with Crippen molar-refractivity contribution in [3.63, 3.8) is 0 Å². The van der Waals surface area contributed by atoms with Crippen molar-refractivity contribution in [2.45, 2.75) is 19.9 Å². The summed E-state index contributed by atoms with van der Waals surface area (Å²) in [5, 5.41) is 6.84. The first-order valence-electron chi connectivity index (χ1n) is 7.81. The molecule has 9 heteroatoms. The Morgan fingerprint density at radius 2 is 2.12 bits per heavy atom. The van der Waals surface area contributed by atoms with Gasteiger partial charge in [0.05, 0.1) is 25.6 Å². The van der Waals surface area contributed by atoms with Crippen LogP contribution in [0.3, 0.4) is 0 Å². The number of amides is 1. The van der Waals surface area contributed by atoms with Crippen LogP contribution in [0.4, 0.5) is 14.6 Å². The molecule has 1 aromatic heterocycles. The van der Waals surface area contributed by atoms with Crippen LogP contribution in [0.2, 0.25) is 0 Å².